The molecule has 4 amide bonds. The zero-order chi connectivity index (χ0) is 21.9. The number of nitrogens with zero attached hydrogens (tertiary/aromatic N) is 1. The van der Waals surface area contributed by atoms with Gasteiger partial charge in [0, 0.05) is 5.69 Å². The number of benzene rings is 2. The van der Waals surface area contributed by atoms with E-state index in [0.29, 0.717) is 16.3 Å². The number of urea groups is 1. The molecule has 1 fully saturated rings. The minimum atomic E-state index is -1.28. The van der Waals surface area contributed by atoms with Crippen molar-refractivity contribution in [3.8, 4) is 0 Å². The van der Waals surface area contributed by atoms with Gasteiger partial charge in [0.2, 0.25) is 0 Å². The van der Waals surface area contributed by atoms with Crippen LogP contribution in [0.2, 0.25) is 0 Å². The molecule has 1 atom stereocenters. The molecule has 0 spiro atoms. The van der Waals surface area contributed by atoms with Gasteiger partial charge in [-0.25, -0.2) is 9.59 Å². The smallest absolute Gasteiger partial charge is 0.344 e. The maximum absolute atomic E-state index is 12.9. The molecule has 1 heterocycles. The molecule has 9 nitrogen and oxygen atoms in total. The average molecular weight is 410 g/mol. The highest BCUT2D eigenvalue weighted by Gasteiger charge is 2.52. The number of esters is 1. The van der Waals surface area contributed by atoms with Crippen LogP contribution in [0.3, 0.4) is 0 Å². The van der Waals surface area contributed by atoms with Crippen molar-refractivity contribution < 1.29 is 23.9 Å². The number of imide groups is 1. The summed E-state index contributed by atoms with van der Waals surface area (Å²) in [7, 11) is 0. The predicted molar refractivity (Wildman–Crippen MR) is 108 cm³/mol. The Morgan fingerprint density at radius 2 is 1.87 bits per heavy atom. The number of hydrazine groups is 1. The Hall–Kier alpha value is -3.88. The summed E-state index contributed by atoms with van der Waals surface area (Å²) < 4.78 is 4.95. The molecule has 30 heavy (non-hydrogen) atoms. The van der Waals surface area contributed by atoms with E-state index >= 15 is 0 Å². The lowest BCUT2D eigenvalue weighted by molar-refractivity contribution is -0.140. The number of nitrogen functional groups attached to an aromatic ring is 1. The summed E-state index contributed by atoms with van der Waals surface area (Å²) in [6.07, 6.45) is 0.289. The molecule has 3 rings (SSSR count). The number of rotatable bonds is 6. The molecular weight excluding hydrogens is 388 g/mol. The number of amides is 4. The molecule has 1 saturated heterocycles. The molecule has 0 saturated carbocycles. The van der Waals surface area contributed by atoms with Gasteiger partial charge in [-0.2, -0.15) is 5.01 Å². The highest BCUT2D eigenvalue weighted by Crippen LogP contribution is 2.31. The van der Waals surface area contributed by atoms with E-state index in [2.05, 4.69) is 10.7 Å². The van der Waals surface area contributed by atoms with Crippen LogP contribution in [-0.4, -0.2) is 35.4 Å². The Morgan fingerprint density at radius 3 is 2.50 bits per heavy atom. The van der Waals surface area contributed by atoms with Crippen LogP contribution in [0.4, 0.5) is 10.5 Å². The van der Waals surface area contributed by atoms with E-state index in [4.69, 9.17) is 10.5 Å². The first kappa shape index (κ1) is 20.8. The molecule has 156 valence electrons. The second kappa shape index (κ2) is 8.24. The van der Waals surface area contributed by atoms with E-state index < -0.39 is 36.0 Å². The van der Waals surface area contributed by atoms with Crippen molar-refractivity contribution in [1.29, 1.82) is 0 Å². The number of anilines is 1. The van der Waals surface area contributed by atoms with Gasteiger partial charge in [0.05, 0.1) is 5.56 Å². The number of ether oxygens (including phenoxy) is 1. The van der Waals surface area contributed by atoms with Gasteiger partial charge in [0.1, 0.15) is 5.54 Å². The normalized spacial score (nSPS) is 18.1. The molecule has 0 aromatic heterocycles. The van der Waals surface area contributed by atoms with Crippen molar-refractivity contribution in [2.24, 2.45) is 0 Å². The fourth-order valence-electron chi connectivity index (χ4n) is 3.18. The van der Waals surface area contributed by atoms with Crippen LogP contribution in [0.25, 0.3) is 0 Å². The van der Waals surface area contributed by atoms with E-state index in [0.717, 1.165) is 5.56 Å². The molecule has 1 aliphatic heterocycles. The number of carbonyl (C=O) groups excluding carboxylic acids is 4. The lowest BCUT2D eigenvalue weighted by Crippen LogP contribution is -2.49. The second-order valence-electron chi connectivity index (χ2n) is 6.88. The highest BCUT2D eigenvalue weighted by molar-refractivity contribution is 6.08. The Bertz CT molecular complexity index is 1010. The third-order valence-corrected chi connectivity index (χ3v) is 4.97. The molecule has 4 N–H and O–H groups in total. The number of nitrogens with one attached hydrogen (secondary N) is 2. The van der Waals surface area contributed by atoms with Gasteiger partial charge < -0.3 is 15.8 Å². The zero-order valence-electron chi connectivity index (χ0n) is 16.6. The monoisotopic (exact) mass is 410 g/mol. The number of nitrogens with two attached hydrogens (primary N) is 1. The van der Waals surface area contributed by atoms with Gasteiger partial charge in [0.25, 0.3) is 11.8 Å². The molecule has 0 bridgehead atoms. The average Bonchev–Trinajstić information content (AvgIpc) is 2.99. The number of aryl methyl sites for hydroxylation is 1. The summed E-state index contributed by atoms with van der Waals surface area (Å²) in [5.74, 6) is -2.19. The summed E-state index contributed by atoms with van der Waals surface area (Å²) in [6.45, 7) is 2.88. The molecule has 0 radical (unpaired) electrons. The Morgan fingerprint density at radius 1 is 1.17 bits per heavy atom. The maximum Gasteiger partial charge on any atom is 0.344 e. The summed E-state index contributed by atoms with van der Waals surface area (Å²) >= 11 is 0. The van der Waals surface area contributed by atoms with E-state index in [9.17, 15) is 19.2 Å². The molecule has 2 aromatic carbocycles. The standard InChI is InChI=1S/C21H22N4O5/c1-3-21(15-7-5-4-6-8-15)19(28)25(20(29)23-21)24-17(26)12-30-18(27)14-10-9-13(2)16(22)11-14/h4-11H,3,12,22H2,1-2H3,(H,23,29)(H,24,26)/t21-/m1/s1. The number of carbonyl (C=O) groups is 4. The van der Waals surface area contributed by atoms with Crippen molar-refractivity contribution in [2.75, 3.05) is 12.3 Å². The Balaban J connectivity index is 1.65. The highest BCUT2D eigenvalue weighted by atomic mass is 16.5. The van der Waals surface area contributed by atoms with Crippen LogP contribution < -0.4 is 16.5 Å². The number of hydrogen-bond acceptors (Lipinski definition) is 6. The van der Waals surface area contributed by atoms with E-state index in [1.165, 1.54) is 12.1 Å². The van der Waals surface area contributed by atoms with Crippen LogP contribution in [-0.2, 0) is 19.9 Å². The summed E-state index contributed by atoms with van der Waals surface area (Å²) in [6, 6.07) is 12.6. The minimum Gasteiger partial charge on any atom is -0.452 e. The lowest BCUT2D eigenvalue weighted by atomic mass is 9.87. The van der Waals surface area contributed by atoms with Gasteiger partial charge in [-0.15, -0.1) is 0 Å². The summed E-state index contributed by atoms with van der Waals surface area (Å²) in [5.41, 5.74) is 8.70. The lowest BCUT2D eigenvalue weighted by Gasteiger charge is -2.25. The quantitative estimate of drug-likeness (QED) is 0.377. The van der Waals surface area contributed by atoms with E-state index in [1.807, 2.05) is 0 Å². The molecule has 0 aliphatic carbocycles. The fourth-order valence-corrected chi connectivity index (χ4v) is 3.18. The first-order chi connectivity index (χ1) is 14.3. The zero-order valence-corrected chi connectivity index (χ0v) is 16.6. The predicted octanol–water partition coefficient (Wildman–Crippen LogP) is 1.62. The first-order valence-electron chi connectivity index (χ1n) is 9.33. The third kappa shape index (κ3) is 3.82. The van der Waals surface area contributed by atoms with Crippen LogP contribution in [0, 0.1) is 6.92 Å². The number of hydrogen-bond donors (Lipinski definition) is 3. The van der Waals surface area contributed by atoms with Crippen molar-refractivity contribution in [1.82, 2.24) is 15.8 Å². The molecule has 2 aromatic rings. The van der Waals surface area contributed by atoms with Gasteiger partial charge >= 0.3 is 12.0 Å². The van der Waals surface area contributed by atoms with Crippen LogP contribution >= 0.6 is 0 Å². The van der Waals surface area contributed by atoms with E-state index in [1.54, 1.807) is 50.2 Å². The Labute approximate surface area is 173 Å². The van der Waals surface area contributed by atoms with Gasteiger partial charge in [0.15, 0.2) is 6.61 Å². The van der Waals surface area contributed by atoms with Crippen molar-refractivity contribution in [2.45, 2.75) is 25.8 Å². The topological polar surface area (TPSA) is 131 Å². The van der Waals surface area contributed by atoms with Crippen molar-refractivity contribution in [3.63, 3.8) is 0 Å². The Kier molecular flexibility index (Phi) is 5.72. The molecule has 9 heteroatoms. The largest absolute Gasteiger partial charge is 0.452 e. The van der Waals surface area contributed by atoms with E-state index in [-0.39, 0.29) is 12.0 Å². The third-order valence-electron chi connectivity index (χ3n) is 4.97. The van der Waals surface area contributed by atoms with Crippen LogP contribution in [0.5, 0.6) is 0 Å². The summed E-state index contributed by atoms with van der Waals surface area (Å²) in [4.78, 5) is 49.6. The second-order valence-corrected chi connectivity index (χ2v) is 6.88. The summed E-state index contributed by atoms with van der Waals surface area (Å²) in [5, 5.41) is 3.25. The van der Waals surface area contributed by atoms with Crippen molar-refractivity contribution >= 4 is 29.5 Å². The van der Waals surface area contributed by atoms with Crippen LogP contribution in [0.15, 0.2) is 48.5 Å². The maximum atomic E-state index is 12.9. The SMILES string of the molecule is CC[C@]1(c2ccccc2)NC(=O)N(NC(=O)COC(=O)c2ccc(C)c(N)c2)C1=O. The molecule has 0 unspecified atom stereocenters. The minimum absolute atomic E-state index is 0.190. The molecular formula is C21H22N4O5. The van der Waals surface area contributed by atoms with Crippen LogP contribution in [0.1, 0.15) is 34.8 Å². The first-order valence-corrected chi connectivity index (χ1v) is 9.33. The van der Waals surface area contributed by atoms with Gasteiger partial charge in [-0.05, 0) is 36.6 Å². The molecule has 1 aliphatic rings. The van der Waals surface area contributed by atoms with Crippen molar-refractivity contribution in [3.05, 3.63) is 65.2 Å². The van der Waals surface area contributed by atoms with Gasteiger partial charge in [-0.3, -0.25) is 15.0 Å². The fraction of sp³-hybridized carbons (Fsp3) is 0.238. The van der Waals surface area contributed by atoms with Gasteiger partial charge in [-0.1, -0.05) is 43.3 Å².